The first kappa shape index (κ1) is 12.1. The van der Waals surface area contributed by atoms with Crippen molar-refractivity contribution in [1.82, 2.24) is 9.96 Å². The molecule has 1 amide bonds. The van der Waals surface area contributed by atoms with E-state index in [-0.39, 0.29) is 0 Å². The standard InChI is InChI=1S/C9H18N2O2/c1-8(2)9(12)11(13)7-5-6-10(3)4/h13H,1,5-7H2,2-4H3. The molecule has 0 saturated heterocycles. The van der Waals surface area contributed by atoms with Gasteiger partial charge in [0.1, 0.15) is 0 Å². The maximum Gasteiger partial charge on any atom is 0.272 e. The lowest BCUT2D eigenvalue weighted by Gasteiger charge is -2.16. The molecule has 0 saturated carbocycles. The molecule has 0 spiro atoms. The smallest absolute Gasteiger partial charge is 0.272 e. The summed E-state index contributed by atoms with van der Waals surface area (Å²) in [4.78, 5) is 13.1. The second-order valence-corrected chi connectivity index (χ2v) is 3.37. The van der Waals surface area contributed by atoms with E-state index in [9.17, 15) is 10.0 Å². The molecule has 0 atom stereocenters. The van der Waals surface area contributed by atoms with E-state index in [2.05, 4.69) is 6.58 Å². The van der Waals surface area contributed by atoms with Crippen molar-refractivity contribution in [3.63, 3.8) is 0 Å². The van der Waals surface area contributed by atoms with Gasteiger partial charge in [0.15, 0.2) is 0 Å². The van der Waals surface area contributed by atoms with Gasteiger partial charge in [-0.1, -0.05) is 6.58 Å². The molecule has 1 N–H and O–H groups in total. The van der Waals surface area contributed by atoms with Crippen LogP contribution in [0.5, 0.6) is 0 Å². The van der Waals surface area contributed by atoms with E-state index in [0.717, 1.165) is 13.0 Å². The first-order chi connectivity index (χ1) is 5.95. The summed E-state index contributed by atoms with van der Waals surface area (Å²) in [6.45, 7) is 6.24. The third-order valence-electron chi connectivity index (χ3n) is 1.57. The number of rotatable bonds is 5. The van der Waals surface area contributed by atoms with Crippen molar-refractivity contribution in [3.8, 4) is 0 Å². The van der Waals surface area contributed by atoms with Crippen molar-refractivity contribution in [1.29, 1.82) is 0 Å². The van der Waals surface area contributed by atoms with E-state index in [4.69, 9.17) is 0 Å². The number of carbonyl (C=O) groups is 1. The number of hydrogen-bond donors (Lipinski definition) is 1. The minimum atomic E-state index is -0.404. The quantitative estimate of drug-likeness (QED) is 0.391. The highest BCUT2D eigenvalue weighted by Gasteiger charge is 2.10. The highest BCUT2D eigenvalue weighted by molar-refractivity contribution is 5.91. The van der Waals surface area contributed by atoms with Gasteiger partial charge in [-0.05, 0) is 34.0 Å². The van der Waals surface area contributed by atoms with Crippen LogP contribution in [0.1, 0.15) is 13.3 Å². The second-order valence-electron chi connectivity index (χ2n) is 3.37. The van der Waals surface area contributed by atoms with Crippen LogP contribution in [0.25, 0.3) is 0 Å². The Morgan fingerprint density at radius 2 is 1.92 bits per heavy atom. The molecule has 0 rings (SSSR count). The molecule has 0 aliphatic carbocycles. The van der Waals surface area contributed by atoms with Gasteiger partial charge in [-0.25, -0.2) is 5.06 Å². The molecular weight excluding hydrogens is 168 g/mol. The number of amides is 1. The molecule has 0 bridgehead atoms. The van der Waals surface area contributed by atoms with Crippen molar-refractivity contribution < 1.29 is 10.0 Å². The van der Waals surface area contributed by atoms with Crippen molar-refractivity contribution in [2.75, 3.05) is 27.2 Å². The van der Waals surface area contributed by atoms with Crippen molar-refractivity contribution in [2.24, 2.45) is 0 Å². The Hall–Kier alpha value is -0.870. The van der Waals surface area contributed by atoms with Gasteiger partial charge in [0, 0.05) is 12.1 Å². The molecule has 13 heavy (non-hydrogen) atoms. The fourth-order valence-electron chi connectivity index (χ4n) is 0.859. The van der Waals surface area contributed by atoms with Gasteiger partial charge in [-0.3, -0.25) is 10.0 Å². The van der Waals surface area contributed by atoms with E-state index in [1.54, 1.807) is 6.92 Å². The van der Waals surface area contributed by atoms with Crippen molar-refractivity contribution in [3.05, 3.63) is 12.2 Å². The zero-order valence-electron chi connectivity index (χ0n) is 8.58. The molecule has 0 aromatic rings. The van der Waals surface area contributed by atoms with Gasteiger partial charge >= 0.3 is 0 Å². The lowest BCUT2D eigenvalue weighted by molar-refractivity contribution is -0.160. The predicted octanol–water partition coefficient (Wildman–Crippen LogP) is 0.732. The first-order valence-corrected chi connectivity index (χ1v) is 4.26. The Morgan fingerprint density at radius 3 is 2.31 bits per heavy atom. The highest BCUT2D eigenvalue weighted by atomic mass is 16.5. The molecule has 0 aliphatic heterocycles. The Labute approximate surface area is 79.4 Å². The van der Waals surface area contributed by atoms with Crippen LogP contribution in [-0.4, -0.2) is 48.3 Å². The van der Waals surface area contributed by atoms with E-state index >= 15 is 0 Å². The summed E-state index contributed by atoms with van der Waals surface area (Å²) in [6.07, 6.45) is 0.752. The van der Waals surface area contributed by atoms with Crippen LogP contribution in [0.4, 0.5) is 0 Å². The fourth-order valence-corrected chi connectivity index (χ4v) is 0.859. The summed E-state index contributed by atoms with van der Waals surface area (Å²) >= 11 is 0. The topological polar surface area (TPSA) is 43.8 Å². The van der Waals surface area contributed by atoms with E-state index in [1.165, 1.54) is 0 Å². The third kappa shape index (κ3) is 5.38. The molecule has 0 heterocycles. The summed E-state index contributed by atoms with van der Waals surface area (Å²) in [5.41, 5.74) is 0.354. The molecule has 0 unspecified atom stereocenters. The molecule has 0 aliphatic rings. The zero-order valence-corrected chi connectivity index (χ0v) is 8.58. The Bertz CT molecular complexity index is 190. The normalized spacial score (nSPS) is 10.2. The maximum absolute atomic E-state index is 11.1. The van der Waals surface area contributed by atoms with E-state index in [0.29, 0.717) is 17.2 Å². The summed E-state index contributed by atoms with van der Waals surface area (Å²) in [7, 11) is 3.89. The lowest BCUT2D eigenvalue weighted by Crippen LogP contribution is -2.30. The van der Waals surface area contributed by atoms with Crippen LogP contribution < -0.4 is 0 Å². The SMILES string of the molecule is C=C(C)C(=O)N(O)CCCN(C)C. The number of hydroxylamine groups is 2. The largest absolute Gasteiger partial charge is 0.309 e. The Kier molecular flexibility index (Phi) is 5.34. The van der Waals surface area contributed by atoms with Crippen LogP contribution in [0.15, 0.2) is 12.2 Å². The van der Waals surface area contributed by atoms with Crippen LogP contribution >= 0.6 is 0 Å². The number of carbonyl (C=O) groups excluding carboxylic acids is 1. The van der Waals surface area contributed by atoms with Crippen LogP contribution in [0.3, 0.4) is 0 Å². The first-order valence-electron chi connectivity index (χ1n) is 4.26. The fraction of sp³-hybridized carbons (Fsp3) is 0.667. The summed E-state index contributed by atoms with van der Waals surface area (Å²) in [6, 6.07) is 0. The molecular formula is C9H18N2O2. The average molecular weight is 186 g/mol. The highest BCUT2D eigenvalue weighted by Crippen LogP contribution is 1.96. The average Bonchev–Trinajstić information content (AvgIpc) is 2.02. The van der Waals surface area contributed by atoms with Gasteiger partial charge in [0.25, 0.3) is 5.91 Å². The van der Waals surface area contributed by atoms with Gasteiger partial charge in [0.2, 0.25) is 0 Å². The Morgan fingerprint density at radius 1 is 1.38 bits per heavy atom. The third-order valence-corrected chi connectivity index (χ3v) is 1.57. The minimum absolute atomic E-state index is 0.351. The second kappa shape index (κ2) is 5.72. The van der Waals surface area contributed by atoms with Gasteiger partial charge < -0.3 is 4.90 Å². The van der Waals surface area contributed by atoms with Crippen LogP contribution in [-0.2, 0) is 4.79 Å². The van der Waals surface area contributed by atoms with Gasteiger partial charge in [-0.15, -0.1) is 0 Å². The molecule has 0 fully saturated rings. The van der Waals surface area contributed by atoms with E-state index in [1.807, 2.05) is 19.0 Å². The molecule has 0 aromatic heterocycles. The van der Waals surface area contributed by atoms with Crippen LogP contribution in [0.2, 0.25) is 0 Å². The lowest BCUT2D eigenvalue weighted by atomic mass is 10.3. The molecule has 4 heteroatoms. The predicted molar refractivity (Wildman–Crippen MR) is 51.5 cm³/mol. The van der Waals surface area contributed by atoms with Gasteiger partial charge in [-0.2, -0.15) is 0 Å². The monoisotopic (exact) mass is 186 g/mol. The summed E-state index contributed by atoms with van der Waals surface area (Å²) in [5.74, 6) is -0.404. The molecule has 0 radical (unpaired) electrons. The van der Waals surface area contributed by atoms with Gasteiger partial charge in [0.05, 0.1) is 0 Å². The number of hydrogen-bond acceptors (Lipinski definition) is 3. The van der Waals surface area contributed by atoms with Crippen molar-refractivity contribution >= 4 is 5.91 Å². The maximum atomic E-state index is 11.1. The van der Waals surface area contributed by atoms with Crippen molar-refractivity contribution in [2.45, 2.75) is 13.3 Å². The van der Waals surface area contributed by atoms with E-state index < -0.39 is 5.91 Å². The number of nitrogens with zero attached hydrogens (tertiary/aromatic N) is 2. The zero-order chi connectivity index (χ0) is 10.4. The minimum Gasteiger partial charge on any atom is -0.309 e. The summed E-state index contributed by atoms with van der Waals surface area (Å²) < 4.78 is 0. The molecule has 0 aromatic carbocycles. The molecule has 4 nitrogen and oxygen atoms in total. The summed E-state index contributed by atoms with van der Waals surface area (Å²) in [5, 5.41) is 9.92. The van der Waals surface area contributed by atoms with Crippen LogP contribution in [0, 0.1) is 0 Å². The Balaban J connectivity index is 3.68. The molecule has 76 valence electrons.